The van der Waals surface area contributed by atoms with Crippen molar-refractivity contribution < 1.29 is 38.4 Å². The van der Waals surface area contributed by atoms with E-state index in [9.17, 15) is 43.2 Å². The lowest BCUT2D eigenvalue weighted by molar-refractivity contribution is -0.374. The van der Waals surface area contributed by atoms with Crippen LogP contribution in [0.5, 0.6) is 0 Å². The van der Waals surface area contributed by atoms with E-state index in [4.69, 9.17) is 0 Å². The van der Waals surface area contributed by atoms with Crippen LogP contribution in [-0.2, 0) is 12.3 Å². The number of imidazole rings is 1. The fraction of sp³-hybridized carbons (Fsp3) is 0.304. The molecule has 0 amide bonds. The number of carboxylic acids is 1. The highest BCUT2D eigenvalue weighted by Gasteiger charge is 2.35. The predicted molar refractivity (Wildman–Crippen MR) is 123 cm³/mol. The number of aliphatic hydroxyl groups is 3. The minimum atomic E-state index is -4.79. The highest BCUT2D eigenvalue weighted by molar-refractivity contribution is 6.04. The Bertz CT molecular complexity index is 1600. The quantitative estimate of drug-likeness (QED) is 0.250. The van der Waals surface area contributed by atoms with Crippen LogP contribution in [0.4, 0.5) is 24.8 Å². The molecule has 0 spiro atoms. The number of anilines is 2. The molecule has 1 fully saturated rings. The highest BCUT2D eigenvalue weighted by atomic mass is 19.4. The topological polar surface area (TPSA) is 163 Å². The Balaban J connectivity index is 1.67. The summed E-state index contributed by atoms with van der Waals surface area (Å²) in [5.74, 6) is -1.72. The molecule has 0 unspecified atom stereocenters. The zero-order chi connectivity index (χ0) is 26.7. The molecule has 194 valence electrons. The third-order valence-corrected chi connectivity index (χ3v) is 6.38. The smallest absolute Gasteiger partial charge is 0.418 e. The number of hydrogen-bond donors (Lipinski definition) is 5. The molecule has 0 saturated heterocycles. The molecule has 0 aliphatic heterocycles. The Labute approximate surface area is 205 Å². The molecule has 3 aromatic heterocycles. The largest absolute Gasteiger partial charge is 0.478 e. The molecule has 1 aromatic carbocycles. The molecule has 37 heavy (non-hydrogen) atoms. The third kappa shape index (κ3) is 4.28. The van der Waals surface area contributed by atoms with Crippen LogP contribution in [0.1, 0.15) is 47.6 Å². The van der Waals surface area contributed by atoms with Gasteiger partial charge in [-0.3, -0.25) is 4.57 Å². The highest BCUT2D eigenvalue weighted by Crippen LogP contribution is 2.36. The monoisotopic (exact) mass is 519 g/mol. The van der Waals surface area contributed by atoms with Gasteiger partial charge in [-0.05, 0) is 25.0 Å². The maximum atomic E-state index is 13.6. The number of fused-ring (bicyclic) bond motifs is 2. The minimum Gasteiger partial charge on any atom is -0.478 e. The lowest BCUT2D eigenvalue weighted by Gasteiger charge is -2.15. The Morgan fingerprint density at radius 1 is 1.05 bits per heavy atom. The molecule has 0 radical (unpaired) electrons. The van der Waals surface area contributed by atoms with Gasteiger partial charge in [0.25, 0.3) is 0 Å². The van der Waals surface area contributed by atoms with E-state index in [1.165, 1.54) is 16.7 Å². The van der Waals surface area contributed by atoms with Gasteiger partial charge < -0.3 is 25.7 Å². The normalized spacial score (nSPS) is 15.1. The number of carbonyl (C=O) groups is 1. The number of pyridine rings is 2. The van der Waals surface area contributed by atoms with Crippen molar-refractivity contribution in [2.24, 2.45) is 0 Å². The average molecular weight is 519 g/mol. The predicted octanol–water partition coefficient (Wildman–Crippen LogP) is 2.87. The Morgan fingerprint density at radius 3 is 2.38 bits per heavy atom. The van der Waals surface area contributed by atoms with Crippen LogP contribution < -0.4 is 11.0 Å². The van der Waals surface area contributed by atoms with Gasteiger partial charge in [0, 0.05) is 17.5 Å². The number of carboxylic acid groups (broad SMARTS) is 1. The first-order chi connectivity index (χ1) is 17.4. The van der Waals surface area contributed by atoms with Crippen LogP contribution in [0, 0.1) is 0 Å². The summed E-state index contributed by atoms with van der Waals surface area (Å²) in [4.78, 5) is 32.9. The second kappa shape index (κ2) is 8.54. The first-order valence-corrected chi connectivity index (χ1v) is 11.2. The van der Waals surface area contributed by atoms with Crippen LogP contribution in [-0.4, -0.2) is 45.5 Å². The summed E-state index contributed by atoms with van der Waals surface area (Å²) in [5.41, 5.74) is -2.92. The van der Waals surface area contributed by atoms with Crippen LogP contribution in [0.25, 0.3) is 21.9 Å². The number of alkyl halides is 3. The van der Waals surface area contributed by atoms with Crippen molar-refractivity contribution in [2.75, 3.05) is 5.32 Å². The van der Waals surface area contributed by atoms with E-state index < -0.39 is 40.6 Å². The zero-order valence-corrected chi connectivity index (χ0v) is 18.9. The number of rotatable bonds is 5. The Morgan fingerprint density at radius 2 is 1.76 bits per heavy atom. The molecule has 14 heteroatoms. The van der Waals surface area contributed by atoms with Gasteiger partial charge in [-0.2, -0.15) is 13.2 Å². The first kappa shape index (κ1) is 24.7. The van der Waals surface area contributed by atoms with Gasteiger partial charge in [-0.15, -0.1) is 0 Å². The Kier molecular flexibility index (Phi) is 5.69. The number of hydrogen-bond acceptors (Lipinski definition) is 8. The number of nitrogens with zero attached hydrogens (tertiary/aromatic N) is 4. The van der Waals surface area contributed by atoms with E-state index in [-0.39, 0.29) is 34.1 Å². The van der Waals surface area contributed by atoms with E-state index in [0.717, 1.165) is 37.2 Å². The van der Waals surface area contributed by atoms with Gasteiger partial charge in [0.2, 0.25) is 0 Å². The standard InChI is InChI=1S/C23H20F3N5O6/c24-22(25,26)14-7-3-6-12-13(20(32)33)8-18(29-19(12)14)28-17-9-15-16(10-27-17)31(23(35,36)37)21(34)30(15)11-4-1-2-5-11/h3,6-11,35-37H,1-2,4-5H2,(H,32,33)(H,27,28,29). The van der Waals surface area contributed by atoms with Crippen molar-refractivity contribution in [1.29, 1.82) is 0 Å². The van der Waals surface area contributed by atoms with Crippen LogP contribution in [0.3, 0.4) is 0 Å². The van der Waals surface area contributed by atoms with Crippen molar-refractivity contribution >= 4 is 39.5 Å². The van der Waals surface area contributed by atoms with Gasteiger partial charge >= 0.3 is 23.9 Å². The molecule has 1 aliphatic carbocycles. The number of benzene rings is 1. The number of nitrogens with one attached hydrogen (secondary N) is 1. The van der Waals surface area contributed by atoms with Gasteiger partial charge in [0.15, 0.2) is 0 Å². The summed E-state index contributed by atoms with van der Waals surface area (Å²) >= 11 is 0. The van der Waals surface area contributed by atoms with E-state index in [0.29, 0.717) is 17.4 Å². The minimum absolute atomic E-state index is 0.0107. The SMILES string of the molecule is O=C(O)c1cc(Nc2cc3c(cn2)n(C(O)(O)O)c(=O)n3C2CCCC2)nc2c(C(F)(F)F)cccc12. The van der Waals surface area contributed by atoms with Gasteiger partial charge in [-0.25, -0.2) is 24.1 Å². The Hall–Kier alpha value is -4.01. The van der Waals surface area contributed by atoms with Gasteiger partial charge in [0.1, 0.15) is 11.6 Å². The summed E-state index contributed by atoms with van der Waals surface area (Å²) in [5, 5.41) is 41.4. The third-order valence-electron chi connectivity index (χ3n) is 6.38. The molecule has 0 atom stereocenters. The average Bonchev–Trinajstić information content (AvgIpc) is 3.42. The van der Waals surface area contributed by atoms with E-state index in [1.807, 2.05) is 0 Å². The molecule has 1 aliphatic rings. The van der Waals surface area contributed by atoms with Crippen LogP contribution >= 0.6 is 0 Å². The fourth-order valence-electron chi connectivity index (χ4n) is 4.84. The van der Waals surface area contributed by atoms with Crippen molar-refractivity contribution in [3.05, 3.63) is 58.1 Å². The summed E-state index contributed by atoms with van der Waals surface area (Å²) in [7, 11) is 0. The zero-order valence-electron chi connectivity index (χ0n) is 18.9. The number of halogens is 3. The molecular weight excluding hydrogens is 499 g/mol. The molecule has 5 N–H and O–H groups in total. The molecule has 1 saturated carbocycles. The summed E-state index contributed by atoms with van der Waals surface area (Å²) < 4.78 is 42.5. The van der Waals surface area contributed by atoms with Crippen molar-refractivity contribution in [3.8, 4) is 0 Å². The van der Waals surface area contributed by atoms with Gasteiger partial charge in [-0.1, -0.05) is 25.0 Å². The molecule has 5 rings (SSSR count). The summed E-state index contributed by atoms with van der Waals surface area (Å²) in [6.07, 6.45) is -4.28. The molecule has 11 nitrogen and oxygen atoms in total. The molecular formula is C23H20F3N5O6. The van der Waals surface area contributed by atoms with Gasteiger partial charge in [0.05, 0.1) is 33.9 Å². The summed E-state index contributed by atoms with van der Waals surface area (Å²) in [6.45, 7) is 0. The first-order valence-electron chi connectivity index (χ1n) is 11.2. The number of aromatic nitrogens is 4. The van der Waals surface area contributed by atoms with E-state index in [1.54, 1.807) is 0 Å². The maximum absolute atomic E-state index is 13.6. The van der Waals surface area contributed by atoms with Crippen LogP contribution in [0.2, 0.25) is 0 Å². The second-order valence-corrected chi connectivity index (χ2v) is 8.77. The number of para-hydroxylation sites is 1. The van der Waals surface area contributed by atoms with E-state index >= 15 is 0 Å². The lowest BCUT2D eigenvalue weighted by Crippen LogP contribution is -2.41. The lowest BCUT2D eigenvalue weighted by atomic mass is 10.0. The fourth-order valence-corrected chi connectivity index (χ4v) is 4.84. The summed E-state index contributed by atoms with van der Waals surface area (Å²) in [6, 6.07) is 5.22. The van der Waals surface area contributed by atoms with E-state index in [2.05, 4.69) is 15.3 Å². The molecule has 0 bridgehead atoms. The maximum Gasteiger partial charge on any atom is 0.418 e. The number of aromatic carboxylic acids is 1. The van der Waals surface area contributed by atoms with Crippen molar-refractivity contribution in [2.45, 2.75) is 44.0 Å². The van der Waals surface area contributed by atoms with Crippen LogP contribution in [0.15, 0.2) is 41.3 Å². The molecule has 3 heterocycles. The molecule has 4 aromatic rings. The van der Waals surface area contributed by atoms with Crippen molar-refractivity contribution in [3.63, 3.8) is 0 Å². The second-order valence-electron chi connectivity index (χ2n) is 8.77. The van der Waals surface area contributed by atoms with Crippen molar-refractivity contribution in [1.82, 2.24) is 19.1 Å².